The highest BCUT2D eigenvalue weighted by molar-refractivity contribution is 7.08. The third-order valence-corrected chi connectivity index (χ3v) is 4.16. The molecule has 0 atom stereocenters. The molecular weight excluding hydrogens is 286 g/mol. The molecule has 0 aliphatic carbocycles. The van der Waals surface area contributed by atoms with Crippen LogP contribution < -0.4 is 15.8 Å². The minimum absolute atomic E-state index is 0.0439. The van der Waals surface area contributed by atoms with Gasteiger partial charge in [-0.15, -0.1) is 0 Å². The third-order valence-electron chi connectivity index (χ3n) is 3.25. The van der Waals surface area contributed by atoms with E-state index >= 15 is 0 Å². The van der Waals surface area contributed by atoms with Gasteiger partial charge in [-0.05, 0) is 46.5 Å². The molecule has 5 nitrogen and oxygen atoms in total. The maximum absolute atomic E-state index is 8.82. The van der Waals surface area contributed by atoms with Crippen molar-refractivity contribution < 1.29 is 9.94 Å². The van der Waals surface area contributed by atoms with Gasteiger partial charge in [0.2, 0.25) is 0 Å². The van der Waals surface area contributed by atoms with Gasteiger partial charge in [0, 0.05) is 13.1 Å². The fourth-order valence-corrected chi connectivity index (χ4v) is 2.89. The molecule has 0 amide bonds. The van der Waals surface area contributed by atoms with Crippen molar-refractivity contribution in [2.45, 2.75) is 20.0 Å². The van der Waals surface area contributed by atoms with Crippen LogP contribution in [-0.2, 0) is 13.1 Å². The molecule has 1 aromatic carbocycles. The molecule has 0 spiro atoms. The Morgan fingerprint density at radius 3 is 2.81 bits per heavy atom. The molecule has 1 aromatic heterocycles. The first-order valence-electron chi connectivity index (χ1n) is 6.53. The van der Waals surface area contributed by atoms with Crippen LogP contribution in [0.15, 0.2) is 34.1 Å². The summed E-state index contributed by atoms with van der Waals surface area (Å²) in [6.07, 6.45) is 0. The van der Waals surface area contributed by atoms with Crippen LogP contribution in [0.2, 0.25) is 0 Å². The molecule has 1 heterocycles. The molecule has 2 rings (SSSR count). The number of nitrogens with one attached hydrogen (secondary N) is 1. The summed E-state index contributed by atoms with van der Waals surface area (Å²) in [5.74, 6) is 0.630. The monoisotopic (exact) mass is 305 g/mol. The first-order valence-corrected chi connectivity index (χ1v) is 7.47. The summed E-state index contributed by atoms with van der Waals surface area (Å²) in [5.41, 5.74) is 9.92. The van der Waals surface area contributed by atoms with Crippen LogP contribution >= 0.6 is 11.3 Å². The average Bonchev–Trinajstić information content (AvgIpc) is 2.91. The standard InChI is InChI=1S/C15H19N3O2S/c1-10-8-21-9-12(10)7-17-6-11-3-4-14(20-2)13(5-11)15(16)18-19/h3-5,8-9,17,19H,6-7H2,1-2H3,(H2,16,18). The quantitative estimate of drug-likeness (QED) is 0.331. The zero-order valence-electron chi connectivity index (χ0n) is 12.1. The van der Waals surface area contributed by atoms with Gasteiger partial charge in [-0.1, -0.05) is 11.2 Å². The number of thiophene rings is 1. The van der Waals surface area contributed by atoms with Gasteiger partial charge >= 0.3 is 0 Å². The van der Waals surface area contributed by atoms with E-state index in [1.165, 1.54) is 11.1 Å². The smallest absolute Gasteiger partial charge is 0.173 e. The van der Waals surface area contributed by atoms with E-state index in [1.54, 1.807) is 18.4 Å². The number of amidine groups is 1. The number of hydrogen-bond donors (Lipinski definition) is 3. The zero-order chi connectivity index (χ0) is 15.2. The van der Waals surface area contributed by atoms with Gasteiger partial charge in [-0.3, -0.25) is 0 Å². The van der Waals surface area contributed by atoms with E-state index in [0.717, 1.165) is 12.1 Å². The molecule has 0 bridgehead atoms. The van der Waals surface area contributed by atoms with Gasteiger partial charge in [-0.2, -0.15) is 11.3 Å². The van der Waals surface area contributed by atoms with Crippen molar-refractivity contribution in [1.29, 1.82) is 0 Å². The number of benzene rings is 1. The largest absolute Gasteiger partial charge is 0.496 e. The first kappa shape index (κ1) is 15.3. The number of nitrogens with two attached hydrogens (primary N) is 1. The highest BCUT2D eigenvalue weighted by Crippen LogP contribution is 2.20. The number of ether oxygens (including phenoxy) is 1. The molecule has 0 radical (unpaired) electrons. The lowest BCUT2D eigenvalue weighted by Gasteiger charge is -2.10. The number of aryl methyl sites for hydroxylation is 1. The summed E-state index contributed by atoms with van der Waals surface area (Å²) in [5, 5.41) is 19.5. The van der Waals surface area contributed by atoms with Gasteiger partial charge in [0.15, 0.2) is 5.84 Å². The molecule has 0 aliphatic heterocycles. The maximum Gasteiger partial charge on any atom is 0.173 e. The molecule has 4 N–H and O–H groups in total. The van der Waals surface area contributed by atoms with E-state index in [9.17, 15) is 0 Å². The molecule has 6 heteroatoms. The Hall–Kier alpha value is -2.05. The number of rotatable bonds is 6. The van der Waals surface area contributed by atoms with Gasteiger partial charge in [0.25, 0.3) is 0 Å². The summed E-state index contributed by atoms with van der Waals surface area (Å²) in [4.78, 5) is 0. The van der Waals surface area contributed by atoms with Crippen LogP contribution in [0.1, 0.15) is 22.3 Å². The number of oxime groups is 1. The molecule has 0 saturated carbocycles. The highest BCUT2D eigenvalue weighted by atomic mass is 32.1. The lowest BCUT2D eigenvalue weighted by atomic mass is 10.1. The minimum atomic E-state index is 0.0439. The molecule has 2 aromatic rings. The van der Waals surface area contributed by atoms with E-state index in [4.69, 9.17) is 15.7 Å². The molecule has 0 aliphatic rings. The topological polar surface area (TPSA) is 79.9 Å². The van der Waals surface area contributed by atoms with Crippen molar-refractivity contribution in [3.63, 3.8) is 0 Å². The van der Waals surface area contributed by atoms with Gasteiger partial charge in [-0.25, -0.2) is 0 Å². The summed E-state index contributed by atoms with van der Waals surface area (Å²) in [6, 6.07) is 5.64. The number of hydrogen-bond acceptors (Lipinski definition) is 5. The molecular formula is C15H19N3O2S. The first-order chi connectivity index (χ1) is 10.2. The summed E-state index contributed by atoms with van der Waals surface area (Å²) < 4.78 is 5.21. The predicted molar refractivity (Wildman–Crippen MR) is 85.1 cm³/mol. The van der Waals surface area contributed by atoms with E-state index in [0.29, 0.717) is 17.9 Å². The van der Waals surface area contributed by atoms with Crippen LogP contribution in [0.4, 0.5) is 0 Å². The van der Waals surface area contributed by atoms with Crippen LogP contribution in [0, 0.1) is 6.92 Å². The Kier molecular flexibility index (Phi) is 5.19. The van der Waals surface area contributed by atoms with Gasteiger partial charge in [0.1, 0.15) is 5.75 Å². The van der Waals surface area contributed by atoms with Gasteiger partial charge < -0.3 is 21.0 Å². The second-order valence-corrected chi connectivity index (χ2v) is 5.45. The Bertz CT molecular complexity index is 638. The van der Waals surface area contributed by atoms with Gasteiger partial charge in [0.05, 0.1) is 12.7 Å². The number of nitrogens with zero attached hydrogens (tertiary/aromatic N) is 1. The maximum atomic E-state index is 8.82. The predicted octanol–water partition coefficient (Wildman–Crippen LogP) is 2.45. The lowest BCUT2D eigenvalue weighted by molar-refractivity contribution is 0.318. The fraction of sp³-hybridized carbons (Fsp3) is 0.267. The molecule has 0 fully saturated rings. The highest BCUT2D eigenvalue weighted by Gasteiger charge is 2.09. The number of methoxy groups -OCH3 is 1. The Labute approximate surface area is 128 Å². The average molecular weight is 305 g/mol. The van der Waals surface area contributed by atoms with E-state index in [2.05, 4.69) is 28.2 Å². The Morgan fingerprint density at radius 1 is 1.38 bits per heavy atom. The van der Waals surface area contributed by atoms with Crippen molar-refractivity contribution in [3.05, 3.63) is 51.2 Å². The lowest BCUT2D eigenvalue weighted by Crippen LogP contribution is -2.17. The van der Waals surface area contributed by atoms with Crippen molar-refractivity contribution >= 4 is 17.2 Å². The van der Waals surface area contributed by atoms with Crippen LogP contribution in [0.3, 0.4) is 0 Å². The fourth-order valence-electron chi connectivity index (χ4n) is 2.03. The van der Waals surface area contributed by atoms with Crippen molar-refractivity contribution in [2.75, 3.05) is 7.11 Å². The summed E-state index contributed by atoms with van der Waals surface area (Å²) in [6.45, 7) is 3.63. The second kappa shape index (κ2) is 7.10. The molecule has 21 heavy (non-hydrogen) atoms. The molecule has 0 unspecified atom stereocenters. The Balaban J connectivity index is 2.05. The summed E-state index contributed by atoms with van der Waals surface area (Å²) in [7, 11) is 1.56. The van der Waals surface area contributed by atoms with E-state index in [-0.39, 0.29) is 5.84 Å². The van der Waals surface area contributed by atoms with E-state index < -0.39 is 0 Å². The van der Waals surface area contributed by atoms with Crippen molar-refractivity contribution in [2.24, 2.45) is 10.9 Å². The normalized spacial score (nSPS) is 11.6. The summed E-state index contributed by atoms with van der Waals surface area (Å²) >= 11 is 1.71. The van der Waals surface area contributed by atoms with Crippen LogP contribution in [0.25, 0.3) is 0 Å². The van der Waals surface area contributed by atoms with Crippen molar-refractivity contribution in [3.8, 4) is 5.75 Å². The second-order valence-electron chi connectivity index (χ2n) is 4.70. The molecule has 112 valence electrons. The SMILES string of the molecule is COc1ccc(CNCc2cscc2C)cc1/C(N)=N/O. The van der Waals surface area contributed by atoms with Crippen LogP contribution in [0.5, 0.6) is 5.75 Å². The van der Waals surface area contributed by atoms with E-state index in [1.807, 2.05) is 18.2 Å². The van der Waals surface area contributed by atoms with Crippen LogP contribution in [-0.4, -0.2) is 18.2 Å². The van der Waals surface area contributed by atoms with Crippen molar-refractivity contribution in [1.82, 2.24) is 5.32 Å². The zero-order valence-corrected chi connectivity index (χ0v) is 12.9. The minimum Gasteiger partial charge on any atom is -0.496 e. The molecule has 0 saturated heterocycles. The Morgan fingerprint density at radius 2 is 2.19 bits per heavy atom. The third kappa shape index (κ3) is 3.74.